The van der Waals surface area contributed by atoms with Crippen molar-refractivity contribution in [2.75, 3.05) is 30.4 Å². The van der Waals surface area contributed by atoms with Crippen molar-refractivity contribution in [3.63, 3.8) is 0 Å². The highest BCUT2D eigenvalue weighted by molar-refractivity contribution is 5.43. The van der Waals surface area contributed by atoms with Crippen molar-refractivity contribution >= 4 is 11.8 Å². The van der Waals surface area contributed by atoms with Crippen LogP contribution in [-0.4, -0.2) is 35.8 Å². The van der Waals surface area contributed by atoms with Gasteiger partial charge >= 0.3 is 0 Å². The second kappa shape index (κ2) is 8.74. The summed E-state index contributed by atoms with van der Waals surface area (Å²) < 4.78 is 5.53. The monoisotopic (exact) mass is 280 g/mol. The molecule has 0 amide bonds. The van der Waals surface area contributed by atoms with Gasteiger partial charge in [0, 0.05) is 24.9 Å². The number of rotatable bonds is 9. The molecule has 114 valence electrons. The number of aromatic nitrogens is 2. The molecule has 0 aromatic carbocycles. The second-order valence-electron chi connectivity index (χ2n) is 5.30. The first-order chi connectivity index (χ1) is 9.56. The molecule has 1 aromatic rings. The van der Waals surface area contributed by atoms with Gasteiger partial charge in [0.25, 0.3) is 0 Å². The van der Waals surface area contributed by atoms with Crippen molar-refractivity contribution in [2.45, 2.75) is 47.1 Å². The van der Waals surface area contributed by atoms with E-state index in [2.05, 4.69) is 41.4 Å². The summed E-state index contributed by atoms with van der Waals surface area (Å²) in [6, 6.07) is 2.22. The molecule has 0 aliphatic carbocycles. The zero-order chi connectivity index (χ0) is 15.0. The number of hydrogen-bond donors (Lipinski definition) is 2. The average molecular weight is 280 g/mol. The third-order valence-electron chi connectivity index (χ3n) is 3.03. The van der Waals surface area contributed by atoms with Gasteiger partial charge in [-0.25, -0.2) is 4.98 Å². The summed E-state index contributed by atoms with van der Waals surface area (Å²) in [5.41, 5.74) is 0.958. The van der Waals surface area contributed by atoms with Crippen LogP contribution in [0.5, 0.6) is 0 Å². The Kier molecular flexibility index (Phi) is 7.30. The summed E-state index contributed by atoms with van der Waals surface area (Å²) in [4.78, 5) is 8.90. The van der Waals surface area contributed by atoms with Gasteiger partial charge in [-0.2, -0.15) is 4.98 Å². The average Bonchev–Trinajstić information content (AvgIpc) is 2.40. The zero-order valence-electron chi connectivity index (χ0n) is 13.4. The summed E-state index contributed by atoms with van der Waals surface area (Å²) in [5.74, 6) is 2.02. The third kappa shape index (κ3) is 5.74. The summed E-state index contributed by atoms with van der Waals surface area (Å²) >= 11 is 0. The van der Waals surface area contributed by atoms with Gasteiger partial charge in [-0.3, -0.25) is 0 Å². The lowest BCUT2D eigenvalue weighted by molar-refractivity contribution is 0.126. The first kappa shape index (κ1) is 16.7. The number of anilines is 2. The number of ether oxygens (including phenoxy) is 1. The van der Waals surface area contributed by atoms with Gasteiger partial charge in [0.2, 0.25) is 5.95 Å². The summed E-state index contributed by atoms with van der Waals surface area (Å²) in [6.07, 6.45) is 1.05. The molecule has 20 heavy (non-hydrogen) atoms. The maximum atomic E-state index is 5.53. The molecule has 0 saturated heterocycles. The Morgan fingerprint density at radius 3 is 2.60 bits per heavy atom. The molecule has 1 rings (SSSR count). The summed E-state index contributed by atoms with van der Waals surface area (Å²) in [7, 11) is 0. The van der Waals surface area contributed by atoms with Crippen LogP contribution in [0, 0.1) is 12.8 Å². The second-order valence-corrected chi connectivity index (χ2v) is 5.30. The van der Waals surface area contributed by atoms with Gasteiger partial charge in [0.1, 0.15) is 5.82 Å². The van der Waals surface area contributed by atoms with Gasteiger partial charge in [-0.05, 0) is 26.2 Å². The molecule has 0 saturated carbocycles. The highest BCUT2D eigenvalue weighted by Crippen LogP contribution is 2.14. The van der Waals surface area contributed by atoms with Crippen molar-refractivity contribution in [3.05, 3.63) is 11.8 Å². The Morgan fingerprint density at radius 1 is 1.25 bits per heavy atom. The Balaban J connectivity index is 2.75. The number of aryl methyl sites for hydroxylation is 1. The van der Waals surface area contributed by atoms with Crippen molar-refractivity contribution in [1.82, 2.24) is 9.97 Å². The Labute approximate surface area is 122 Å². The predicted molar refractivity (Wildman–Crippen MR) is 84.3 cm³/mol. The van der Waals surface area contributed by atoms with Crippen molar-refractivity contribution < 1.29 is 4.74 Å². The van der Waals surface area contributed by atoms with Gasteiger partial charge in [-0.1, -0.05) is 20.8 Å². The lowest BCUT2D eigenvalue weighted by Gasteiger charge is -2.23. The molecule has 0 aliphatic heterocycles. The molecule has 1 unspecified atom stereocenters. The van der Waals surface area contributed by atoms with Gasteiger partial charge in [-0.15, -0.1) is 0 Å². The number of hydrogen-bond acceptors (Lipinski definition) is 5. The predicted octanol–water partition coefficient (Wildman–Crippen LogP) is 3.08. The quantitative estimate of drug-likeness (QED) is 0.728. The van der Waals surface area contributed by atoms with Crippen LogP contribution >= 0.6 is 0 Å². The fourth-order valence-corrected chi connectivity index (χ4v) is 1.79. The van der Waals surface area contributed by atoms with E-state index >= 15 is 0 Å². The van der Waals surface area contributed by atoms with Crippen LogP contribution in [0.1, 0.15) is 39.8 Å². The molecule has 0 aliphatic rings. The minimum atomic E-state index is 0.253. The fraction of sp³-hybridized carbons (Fsp3) is 0.733. The van der Waals surface area contributed by atoms with Crippen molar-refractivity contribution in [3.8, 4) is 0 Å². The van der Waals surface area contributed by atoms with Crippen LogP contribution in [0.3, 0.4) is 0 Å². The summed E-state index contributed by atoms with van der Waals surface area (Å²) in [6.45, 7) is 12.8. The molecular weight excluding hydrogens is 252 g/mol. The van der Waals surface area contributed by atoms with E-state index in [4.69, 9.17) is 4.74 Å². The largest absolute Gasteiger partial charge is 0.380 e. The van der Waals surface area contributed by atoms with Gasteiger partial charge in [0.05, 0.1) is 12.6 Å². The molecular formula is C15H28N4O. The van der Waals surface area contributed by atoms with Crippen LogP contribution in [0.2, 0.25) is 0 Å². The van der Waals surface area contributed by atoms with E-state index in [1.165, 1.54) is 0 Å². The molecule has 0 spiro atoms. The van der Waals surface area contributed by atoms with Crippen LogP contribution < -0.4 is 10.6 Å². The lowest BCUT2D eigenvalue weighted by atomic mass is 10.1. The highest BCUT2D eigenvalue weighted by Gasteiger charge is 2.14. The highest BCUT2D eigenvalue weighted by atomic mass is 16.5. The topological polar surface area (TPSA) is 59.1 Å². The maximum Gasteiger partial charge on any atom is 0.224 e. The van der Waals surface area contributed by atoms with Crippen molar-refractivity contribution in [1.29, 1.82) is 0 Å². The van der Waals surface area contributed by atoms with E-state index in [1.54, 1.807) is 0 Å². The maximum absolute atomic E-state index is 5.53. The standard InChI is InChI=1S/C15H28N4O/c1-6-8-16-15-17-12(5)9-14(19-15)18-13(11(3)4)10-20-7-2/h9,11,13H,6-8,10H2,1-5H3,(H2,16,17,18,19). The SMILES string of the molecule is CCCNc1nc(C)cc(NC(COCC)C(C)C)n1. The van der Waals surface area contributed by atoms with Crippen LogP contribution in [-0.2, 0) is 4.74 Å². The molecule has 1 aromatic heterocycles. The smallest absolute Gasteiger partial charge is 0.224 e. The van der Waals surface area contributed by atoms with Crippen LogP contribution in [0.25, 0.3) is 0 Å². The minimum Gasteiger partial charge on any atom is -0.380 e. The first-order valence-corrected chi connectivity index (χ1v) is 7.50. The third-order valence-corrected chi connectivity index (χ3v) is 3.03. The van der Waals surface area contributed by atoms with E-state index in [0.29, 0.717) is 18.5 Å². The molecule has 1 heterocycles. The molecule has 0 radical (unpaired) electrons. The molecule has 5 nitrogen and oxygen atoms in total. The molecule has 5 heteroatoms. The van der Waals surface area contributed by atoms with E-state index in [-0.39, 0.29) is 6.04 Å². The lowest BCUT2D eigenvalue weighted by Crippen LogP contribution is -2.31. The molecule has 1 atom stereocenters. The Hall–Kier alpha value is -1.36. The normalized spacial score (nSPS) is 12.5. The van der Waals surface area contributed by atoms with E-state index in [0.717, 1.165) is 31.1 Å². The Morgan fingerprint density at radius 2 is 2.00 bits per heavy atom. The van der Waals surface area contributed by atoms with E-state index < -0.39 is 0 Å². The molecule has 0 fully saturated rings. The fourth-order valence-electron chi connectivity index (χ4n) is 1.79. The first-order valence-electron chi connectivity index (χ1n) is 7.50. The Bertz CT molecular complexity index is 395. The van der Waals surface area contributed by atoms with Gasteiger partial charge in [0.15, 0.2) is 0 Å². The zero-order valence-corrected chi connectivity index (χ0v) is 13.4. The van der Waals surface area contributed by atoms with E-state index in [1.807, 2.05) is 19.9 Å². The number of nitrogens with one attached hydrogen (secondary N) is 2. The van der Waals surface area contributed by atoms with E-state index in [9.17, 15) is 0 Å². The van der Waals surface area contributed by atoms with Crippen molar-refractivity contribution in [2.24, 2.45) is 5.92 Å². The minimum absolute atomic E-state index is 0.253. The van der Waals surface area contributed by atoms with Gasteiger partial charge < -0.3 is 15.4 Å². The van der Waals surface area contributed by atoms with Crippen LogP contribution in [0.15, 0.2) is 6.07 Å². The number of nitrogens with zero attached hydrogens (tertiary/aromatic N) is 2. The molecule has 2 N–H and O–H groups in total. The summed E-state index contributed by atoms with van der Waals surface area (Å²) in [5, 5.41) is 6.68. The molecule has 0 bridgehead atoms. The van der Waals surface area contributed by atoms with Crippen LogP contribution in [0.4, 0.5) is 11.8 Å².